The van der Waals surface area contributed by atoms with Crippen LogP contribution in [0.15, 0.2) is 54.6 Å². The summed E-state index contributed by atoms with van der Waals surface area (Å²) in [7, 11) is 1.80. The van der Waals surface area contributed by atoms with Gasteiger partial charge in [0.05, 0.1) is 5.92 Å². The fourth-order valence-corrected chi connectivity index (χ4v) is 2.19. The van der Waals surface area contributed by atoms with E-state index < -0.39 is 0 Å². The summed E-state index contributed by atoms with van der Waals surface area (Å²) in [5.74, 6) is -0.0897. The molecule has 0 aliphatic rings. The molecule has 0 aromatic heterocycles. The first-order chi connectivity index (χ1) is 9.63. The van der Waals surface area contributed by atoms with E-state index in [1.807, 2.05) is 61.5 Å². The van der Waals surface area contributed by atoms with Crippen molar-refractivity contribution in [2.75, 3.05) is 11.9 Å². The topological polar surface area (TPSA) is 46.3 Å². The van der Waals surface area contributed by atoms with Gasteiger partial charge >= 0.3 is 0 Å². The number of amides is 1. The molecule has 3 nitrogen and oxygen atoms in total. The van der Waals surface area contributed by atoms with Gasteiger partial charge in [-0.25, -0.2) is 0 Å². The number of hydrogen-bond donors (Lipinski definition) is 1. The maximum absolute atomic E-state index is 12.5. The van der Waals surface area contributed by atoms with Gasteiger partial charge in [0.1, 0.15) is 0 Å². The van der Waals surface area contributed by atoms with Crippen LogP contribution in [0.25, 0.3) is 0 Å². The third kappa shape index (κ3) is 3.06. The van der Waals surface area contributed by atoms with Gasteiger partial charge in [0.25, 0.3) is 0 Å². The van der Waals surface area contributed by atoms with Crippen LogP contribution in [-0.4, -0.2) is 13.0 Å². The summed E-state index contributed by atoms with van der Waals surface area (Å²) in [5, 5.41) is 0. The maximum atomic E-state index is 12.5. The summed E-state index contributed by atoms with van der Waals surface area (Å²) in [5.41, 5.74) is 8.57. The molecule has 0 saturated carbocycles. The van der Waals surface area contributed by atoms with Gasteiger partial charge in [-0.1, -0.05) is 42.5 Å². The highest BCUT2D eigenvalue weighted by Crippen LogP contribution is 2.22. The Hall–Kier alpha value is -2.13. The fraction of sp³-hybridized carbons (Fsp3) is 0.235. The zero-order valence-electron chi connectivity index (χ0n) is 11.9. The van der Waals surface area contributed by atoms with Crippen molar-refractivity contribution in [1.82, 2.24) is 0 Å². The number of nitrogens with two attached hydrogens (primary N) is 1. The first kappa shape index (κ1) is 14.3. The lowest BCUT2D eigenvalue weighted by molar-refractivity contribution is -0.119. The van der Waals surface area contributed by atoms with Crippen molar-refractivity contribution >= 4 is 11.6 Å². The minimum Gasteiger partial charge on any atom is -0.326 e. The Labute approximate surface area is 120 Å². The third-order valence-electron chi connectivity index (χ3n) is 3.53. The number of carbonyl (C=O) groups excluding carboxylic acids is 1. The Morgan fingerprint density at radius 1 is 1.15 bits per heavy atom. The molecule has 0 spiro atoms. The van der Waals surface area contributed by atoms with Crippen molar-refractivity contribution in [2.45, 2.75) is 19.4 Å². The zero-order chi connectivity index (χ0) is 14.5. The highest BCUT2D eigenvalue weighted by atomic mass is 16.2. The number of benzene rings is 2. The average Bonchev–Trinajstić information content (AvgIpc) is 2.53. The molecule has 1 atom stereocenters. The summed E-state index contributed by atoms with van der Waals surface area (Å²) in [4.78, 5) is 14.2. The van der Waals surface area contributed by atoms with Gasteiger partial charge in [-0.15, -0.1) is 0 Å². The number of nitrogens with zero attached hydrogens (tertiary/aromatic N) is 1. The summed E-state index contributed by atoms with van der Waals surface area (Å²) in [6, 6.07) is 17.6. The Bertz CT molecular complexity index is 581. The van der Waals surface area contributed by atoms with Crippen molar-refractivity contribution in [2.24, 2.45) is 5.73 Å². The normalized spacial score (nSPS) is 11.9. The SMILES string of the molecule is CC(C(=O)N(C)c1cccc(CN)c1)c1ccccc1. The summed E-state index contributed by atoms with van der Waals surface area (Å²) in [6.45, 7) is 2.41. The fourth-order valence-electron chi connectivity index (χ4n) is 2.19. The number of anilines is 1. The molecule has 2 rings (SSSR count). The highest BCUT2D eigenvalue weighted by molar-refractivity contribution is 5.97. The minimum atomic E-state index is -0.164. The van der Waals surface area contributed by atoms with E-state index >= 15 is 0 Å². The average molecular weight is 268 g/mol. The predicted octanol–water partition coefficient (Wildman–Crippen LogP) is 2.91. The van der Waals surface area contributed by atoms with Gasteiger partial charge in [0.15, 0.2) is 0 Å². The Morgan fingerprint density at radius 3 is 2.50 bits per heavy atom. The first-order valence-corrected chi connectivity index (χ1v) is 6.75. The van der Waals surface area contributed by atoms with E-state index in [-0.39, 0.29) is 11.8 Å². The number of rotatable bonds is 4. The first-order valence-electron chi connectivity index (χ1n) is 6.75. The molecule has 0 saturated heterocycles. The molecule has 2 aromatic rings. The third-order valence-corrected chi connectivity index (χ3v) is 3.53. The van der Waals surface area contributed by atoms with Crippen LogP contribution in [0, 0.1) is 0 Å². The van der Waals surface area contributed by atoms with Crippen molar-refractivity contribution in [1.29, 1.82) is 0 Å². The smallest absolute Gasteiger partial charge is 0.233 e. The molecule has 0 bridgehead atoms. The molecule has 0 radical (unpaired) electrons. The van der Waals surface area contributed by atoms with Gasteiger partial charge in [-0.3, -0.25) is 4.79 Å². The zero-order valence-corrected chi connectivity index (χ0v) is 11.9. The van der Waals surface area contributed by atoms with E-state index in [4.69, 9.17) is 5.73 Å². The second-order valence-corrected chi connectivity index (χ2v) is 4.90. The van der Waals surface area contributed by atoms with Gasteiger partial charge in [0, 0.05) is 19.3 Å². The van der Waals surface area contributed by atoms with E-state index in [1.54, 1.807) is 11.9 Å². The van der Waals surface area contributed by atoms with Gasteiger partial charge in [-0.05, 0) is 30.2 Å². The van der Waals surface area contributed by atoms with Crippen LogP contribution in [0.1, 0.15) is 24.0 Å². The largest absolute Gasteiger partial charge is 0.326 e. The summed E-state index contributed by atoms with van der Waals surface area (Å²) in [6.07, 6.45) is 0. The lowest BCUT2D eigenvalue weighted by Gasteiger charge is -2.22. The van der Waals surface area contributed by atoms with E-state index in [0.717, 1.165) is 16.8 Å². The molecule has 0 aliphatic carbocycles. The molecule has 104 valence electrons. The molecule has 3 heteroatoms. The van der Waals surface area contributed by atoms with Crippen LogP contribution < -0.4 is 10.6 Å². The molecule has 2 N–H and O–H groups in total. The Morgan fingerprint density at radius 2 is 1.85 bits per heavy atom. The van der Waals surface area contributed by atoms with Crippen molar-refractivity contribution in [3.8, 4) is 0 Å². The molecule has 20 heavy (non-hydrogen) atoms. The number of likely N-dealkylation sites (N-methyl/N-ethyl adjacent to an activating group) is 1. The van der Waals surface area contributed by atoms with Gasteiger partial charge < -0.3 is 10.6 Å². The lowest BCUT2D eigenvalue weighted by Crippen LogP contribution is -2.30. The van der Waals surface area contributed by atoms with Crippen LogP contribution in [0.2, 0.25) is 0 Å². The number of carbonyl (C=O) groups is 1. The van der Waals surface area contributed by atoms with Crippen LogP contribution in [0.5, 0.6) is 0 Å². The molecule has 0 aliphatic heterocycles. The van der Waals surface area contributed by atoms with Crippen LogP contribution in [0.4, 0.5) is 5.69 Å². The quantitative estimate of drug-likeness (QED) is 0.926. The minimum absolute atomic E-state index is 0.0744. The molecular weight excluding hydrogens is 248 g/mol. The Kier molecular flexibility index (Phi) is 4.53. The van der Waals surface area contributed by atoms with E-state index in [2.05, 4.69) is 0 Å². The second-order valence-electron chi connectivity index (χ2n) is 4.90. The van der Waals surface area contributed by atoms with Crippen molar-refractivity contribution in [3.05, 3.63) is 65.7 Å². The molecule has 1 amide bonds. The summed E-state index contributed by atoms with van der Waals surface area (Å²) < 4.78 is 0. The Balaban J connectivity index is 2.19. The van der Waals surface area contributed by atoms with E-state index in [9.17, 15) is 4.79 Å². The van der Waals surface area contributed by atoms with Crippen LogP contribution in [0.3, 0.4) is 0 Å². The van der Waals surface area contributed by atoms with Crippen LogP contribution in [-0.2, 0) is 11.3 Å². The van der Waals surface area contributed by atoms with Crippen molar-refractivity contribution in [3.63, 3.8) is 0 Å². The predicted molar refractivity (Wildman–Crippen MR) is 82.6 cm³/mol. The van der Waals surface area contributed by atoms with Crippen molar-refractivity contribution < 1.29 is 4.79 Å². The molecule has 2 aromatic carbocycles. The highest BCUT2D eigenvalue weighted by Gasteiger charge is 2.20. The van der Waals surface area contributed by atoms with E-state index in [0.29, 0.717) is 6.54 Å². The maximum Gasteiger partial charge on any atom is 0.233 e. The molecular formula is C17H20N2O. The number of hydrogen-bond acceptors (Lipinski definition) is 2. The van der Waals surface area contributed by atoms with Gasteiger partial charge in [-0.2, -0.15) is 0 Å². The summed E-state index contributed by atoms with van der Waals surface area (Å²) >= 11 is 0. The lowest BCUT2D eigenvalue weighted by atomic mass is 9.99. The monoisotopic (exact) mass is 268 g/mol. The molecule has 1 unspecified atom stereocenters. The molecule has 0 heterocycles. The van der Waals surface area contributed by atoms with E-state index in [1.165, 1.54) is 0 Å². The van der Waals surface area contributed by atoms with Crippen LogP contribution >= 0.6 is 0 Å². The standard InChI is InChI=1S/C17H20N2O/c1-13(15-8-4-3-5-9-15)17(20)19(2)16-10-6-7-14(11-16)12-18/h3-11,13H,12,18H2,1-2H3. The van der Waals surface area contributed by atoms with Gasteiger partial charge in [0.2, 0.25) is 5.91 Å². The second kappa shape index (κ2) is 6.35. The molecule has 0 fully saturated rings.